The minimum absolute atomic E-state index is 0.0942. The third-order valence-corrected chi connectivity index (χ3v) is 4.81. The van der Waals surface area contributed by atoms with Crippen LogP contribution in [0, 0.1) is 0 Å². The average molecular weight is 320 g/mol. The SMILES string of the molecule is O=C(O)N1CCN(S(=O)(=O)c2ccc(Cl)nc2)CC1=O. The summed E-state index contributed by atoms with van der Waals surface area (Å²) in [6.07, 6.45) is -0.300. The van der Waals surface area contributed by atoms with E-state index in [0.717, 1.165) is 10.5 Å². The van der Waals surface area contributed by atoms with Gasteiger partial charge in [0, 0.05) is 19.3 Å². The molecule has 0 aromatic carbocycles. The molecular weight excluding hydrogens is 310 g/mol. The van der Waals surface area contributed by atoms with Crippen LogP contribution in [0.4, 0.5) is 4.79 Å². The van der Waals surface area contributed by atoms with E-state index in [1.807, 2.05) is 0 Å². The molecule has 1 aromatic heterocycles. The van der Waals surface area contributed by atoms with E-state index in [0.29, 0.717) is 4.90 Å². The Bertz CT molecular complexity index is 645. The summed E-state index contributed by atoms with van der Waals surface area (Å²) in [5.41, 5.74) is 0. The number of hydrogen-bond donors (Lipinski definition) is 1. The van der Waals surface area contributed by atoms with Crippen molar-refractivity contribution in [1.29, 1.82) is 0 Å². The van der Waals surface area contributed by atoms with Gasteiger partial charge in [-0.25, -0.2) is 23.1 Å². The molecule has 10 heteroatoms. The van der Waals surface area contributed by atoms with Crippen LogP contribution >= 0.6 is 11.6 Å². The predicted octanol–water partition coefficient (Wildman–Crippen LogP) is 0.246. The van der Waals surface area contributed by atoms with Crippen molar-refractivity contribution in [2.45, 2.75) is 4.90 Å². The largest absolute Gasteiger partial charge is 0.465 e. The molecule has 0 unspecified atom stereocenters. The minimum Gasteiger partial charge on any atom is -0.465 e. The van der Waals surface area contributed by atoms with E-state index in [9.17, 15) is 18.0 Å². The second-order valence-electron chi connectivity index (χ2n) is 3.98. The van der Waals surface area contributed by atoms with Crippen LogP contribution in [-0.2, 0) is 14.8 Å². The fourth-order valence-corrected chi connectivity index (χ4v) is 3.16. The number of carboxylic acid groups (broad SMARTS) is 1. The average Bonchev–Trinajstić information content (AvgIpc) is 2.38. The molecule has 1 fully saturated rings. The van der Waals surface area contributed by atoms with Crippen LogP contribution in [0.15, 0.2) is 23.2 Å². The molecule has 8 nitrogen and oxygen atoms in total. The summed E-state index contributed by atoms with van der Waals surface area (Å²) in [7, 11) is -3.89. The molecule has 1 aliphatic heterocycles. The molecule has 1 saturated heterocycles. The molecule has 1 aliphatic rings. The molecule has 1 N–H and O–H groups in total. The Labute approximate surface area is 119 Å². The van der Waals surface area contributed by atoms with Gasteiger partial charge in [-0.3, -0.25) is 4.79 Å². The lowest BCUT2D eigenvalue weighted by molar-refractivity contribution is -0.131. The third kappa shape index (κ3) is 2.74. The zero-order chi connectivity index (χ0) is 14.9. The number of carbonyl (C=O) groups is 2. The molecule has 2 amide bonds. The summed E-state index contributed by atoms with van der Waals surface area (Å²) < 4.78 is 25.4. The number of piperazine rings is 1. The highest BCUT2D eigenvalue weighted by atomic mass is 35.5. The van der Waals surface area contributed by atoms with E-state index in [2.05, 4.69) is 4.98 Å². The van der Waals surface area contributed by atoms with Gasteiger partial charge in [0.05, 0.1) is 6.54 Å². The van der Waals surface area contributed by atoms with Gasteiger partial charge >= 0.3 is 6.09 Å². The van der Waals surface area contributed by atoms with Gasteiger partial charge in [0.2, 0.25) is 15.9 Å². The first-order valence-electron chi connectivity index (χ1n) is 5.47. The maximum atomic E-state index is 12.2. The molecule has 2 rings (SSSR count). The van der Waals surface area contributed by atoms with Gasteiger partial charge < -0.3 is 5.11 Å². The number of amides is 2. The van der Waals surface area contributed by atoms with Crippen molar-refractivity contribution < 1.29 is 23.1 Å². The van der Waals surface area contributed by atoms with E-state index in [1.165, 1.54) is 12.1 Å². The van der Waals surface area contributed by atoms with Gasteiger partial charge in [0.15, 0.2) is 0 Å². The summed E-state index contributed by atoms with van der Waals surface area (Å²) in [5, 5.41) is 8.91. The molecule has 20 heavy (non-hydrogen) atoms. The Morgan fingerprint density at radius 1 is 1.35 bits per heavy atom. The fourth-order valence-electron chi connectivity index (χ4n) is 1.72. The van der Waals surface area contributed by atoms with Crippen molar-refractivity contribution in [1.82, 2.24) is 14.2 Å². The number of carbonyl (C=O) groups excluding carboxylic acids is 1. The molecule has 0 aliphatic carbocycles. The van der Waals surface area contributed by atoms with Gasteiger partial charge in [-0.2, -0.15) is 4.31 Å². The van der Waals surface area contributed by atoms with Crippen LogP contribution in [0.3, 0.4) is 0 Å². The van der Waals surface area contributed by atoms with Gasteiger partial charge in [0.25, 0.3) is 0 Å². The Morgan fingerprint density at radius 2 is 2.05 bits per heavy atom. The van der Waals surface area contributed by atoms with Crippen LogP contribution in [-0.4, -0.2) is 59.3 Å². The van der Waals surface area contributed by atoms with E-state index in [4.69, 9.17) is 16.7 Å². The molecular formula is C10H10ClN3O5S. The Balaban J connectivity index is 2.22. The van der Waals surface area contributed by atoms with Gasteiger partial charge in [0.1, 0.15) is 10.0 Å². The maximum Gasteiger partial charge on any atom is 0.414 e. The summed E-state index contributed by atoms with van der Waals surface area (Å²) in [4.78, 5) is 26.5. The highest BCUT2D eigenvalue weighted by Gasteiger charge is 2.35. The summed E-state index contributed by atoms with van der Waals surface area (Å²) in [6.45, 7) is -0.811. The van der Waals surface area contributed by atoms with E-state index < -0.39 is 28.6 Å². The van der Waals surface area contributed by atoms with Crippen LogP contribution in [0.5, 0.6) is 0 Å². The summed E-state index contributed by atoms with van der Waals surface area (Å²) in [5.74, 6) is -0.783. The fraction of sp³-hybridized carbons (Fsp3) is 0.300. The number of sulfonamides is 1. The van der Waals surface area contributed by atoms with Crippen molar-refractivity contribution in [2.75, 3.05) is 19.6 Å². The van der Waals surface area contributed by atoms with Crippen molar-refractivity contribution in [3.8, 4) is 0 Å². The number of halogens is 1. The first-order valence-corrected chi connectivity index (χ1v) is 7.29. The minimum atomic E-state index is -3.89. The summed E-state index contributed by atoms with van der Waals surface area (Å²) in [6, 6.07) is 2.60. The topological polar surface area (TPSA) is 108 Å². The monoisotopic (exact) mass is 319 g/mol. The Kier molecular flexibility index (Phi) is 3.93. The smallest absolute Gasteiger partial charge is 0.414 e. The molecule has 2 heterocycles. The number of rotatable bonds is 2. The molecule has 108 valence electrons. The van der Waals surface area contributed by atoms with E-state index in [-0.39, 0.29) is 23.1 Å². The third-order valence-electron chi connectivity index (χ3n) is 2.75. The molecule has 0 saturated carbocycles. The number of aromatic nitrogens is 1. The van der Waals surface area contributed by atoms with Gasteiger partial charge in [-0.05, 0) is 12.1 Å². The number of hydrogen-bond acceptors (Lipinski definition) is 5. The van der Waals surface area contributed by atoms with Crippen LogP contribution in [0.1, 0.15) is 0 Å². The van der Waals surface area contributed by atoms with Gasteiger partial charge in [-0.1, -0.05) is 11.6 Å². The maximum absolute atomic E-state index is 12.2. The van der Waals surface area contributed by atoms with Crippen molar-refractivity contribution >= 4 is 33.6 Å². The Hall–Kier alpha value is -1.71. The lowest BCUT2D eigenvalue weighted by Crippen LogP contribution is -2.53. The molecule has 0 spiro atoms. The number of pyridine rings is 1. The first-order chi connectivity index (χ1) is 9.32. The van der Waals surface area contributed by atoms with Crippen LogP contribution in [0.2, 0.25) is 5.15 Å². The highest BCUT2D eigenvalue weighted by Crippen LogP contribution is 2.18. The predicted molar refractivity (Wildman–Crippen MR) is 67.7 cm³/mol. The number of imide groups is 1. The highest BCUT2D eigenvalue weighted by molar-refractivity contribution is 7.89. The summed E-state index contributed by atoms with van der Waals surface area (Å²) >= 11 is 5.58. The second-order valence-corrected chi connectivity index (χ2v) is 6.31. The zero-order valence-electron chi connectivity index (χ0n) is 10.1. The lowest BCUT2D eigenvalue weighted by atomic mass is 10.4. The van der Waals surface area contributed by atoms with Crippen LogP contribution in [0.25, 0.3) is 0 Å². The van der Waals surface area contributed by atoms with E-state index in [1.54, 1.807) is 0 Å². The van der Waals surface area contributed by atoms with E-state index >= 15 is 0 Å². The van der Waals surface area contributed by atoms with Crippen molar-refractivity contribution in [3.05, 3.63) is 23.5 Å². The number of nitrogens with zero attached hydrogens (tertiary/aromatic N) is 3. The van der Waals surface area contributed by atoms with Crippen molar-refractivity contribution in [2.24, 2.45) is 0 Å². The lowest BCUT2D eigenvalue weighted by Gasteiger charge is -2.30. The molecule has 0 bridgehead atoms. The van der Waals surface area contributed by atoms with Crippen molar-refractivity contribution in [3.63, 3.8) is 0 Å². The normalized spacial score (nSPS) is 17.2. The quantitative estimate of drug-likeness (QED) is 0.783. The second kappa shape index (κ2) is 5.35. The van der Waals surface area contributed by atoms with Gasteiger partial charge in [-0.15, -0.1) is 0 Å². The standard InChI is InChI=1S/C10H10ClN3O5S/c11-8-2-1-7(5-12-8)20(18,19)13-3-4-14(10(16)17)9(15)6-13/h1-2,5H,3-4,6H2,(H,16,17). The zero-order valence-corrected chi connectivity index (χ0v) is 11.6. The Morgan fingerprint density at radius 3 is 2.55 bits per heavy atom. The molecule has 1 aromatic rings. The first kappa shape index (κ1) is 14.7. The van der Waals surface area contributed by atoms with Crippen LogP contribution < -0.4 is 0 Å². The molecule has 0 atom stereocenters. The molecule has 0 radical (unpaired) electrons.